The molecule has 1 aromatic carbocycles. The highest BCUT2D eigenvalue weighted by molar-refractivity contribution is 5.45. The van der Waals surface area contributed by atoms with Gasteiger partial charge >= 0.3 is 0 Å². The molecule has 4 heteroatoms. The van der Waals surface area contributed by atoms with Crippen molar-refractivity contribution in [3.05, 3.63) is 23.8 Å². The first kappa shape index (κ1) is 16.1. The lowest BCUT2D eigenvalue weighted by atomic mass is 10.1. The lowest BCUT2D eigenvalue weighted by Gasteiger charge is -2.12. The van der Waals surface area contributed by atoms with Crippen LogP contribution in [0, 0.1) is 0 Å². The molecule has 0 saturated heterocycles. The summed E-state index contributed by atoms with van der Waals surface area (Å²) in [5, 5.41) is 13.5. The molecule has 1 atom stereocenters. The van der Waals surface area contributed by atoms with Gasteiger partial charge in [-0.1, -0.05) is 45.1 Å². The zero-order valence-electron chi connectivity index (χ0n) is 12.9. The molecule has 0 bridgehead atoms. The average molecular weight is 293 g/mol. The number of fused-ring (bicyclic) bond motifs is 1. The van der Waals surface area contributed by atoms with Crippen LogP contribution in [-0.2, 0) is 0 Å². The van der Waals surface area contributed by atoms with Gasteiger partial charge in [0, 0.05) is 6.54 Å². The van der Waals surface area contributed by atoms with Crippen LogP contribution in [-0.4, -0.2) is 25.0 Å². The van der Waals surface area contributed by atoms with Crippen molar-refractivity contribution in [2.24, 2.45) is 0 Å². The maximum Gasteiger partial charge on any atom is 0.231 e. The number of aliphatic hydroxyl groups excluding tert-OH is 1. The zero-order valence-corrected chi connectivity index (χ0v) is 12.9. The number of benzene rings is 1. The fraction of sp³-hybridized carbons (Fsp3) is 0.647. The Morgan fingerprint density at radius 1 is 1.10 bits per heavy atom. The highest BCUT2D eigenvalue weighted by Crippen LogP contribution is 2.34. The van der Waals surface area contributed by atoms with Gasteiger partial charge in [0.05, 0.1) is 6.10 Å². The summed E-state index contributed by atoms with van der Waals surface area (Å²) in [4.78, 5) is 0. The van der Waals surface area contributed by atoms with Crippen LogP contribution in [0.4, 0.5) is 0 Å². The molecule has 1 heterocycles. The van der Waals surface area contributed by atoms with Crippen LogP contribution in [0.3, 0.4) is 0 Å². The second-order valence-electron chi connectivity index (χ2n) is 5.60. The first-order valence-corrected chi connectivity index (χ1v) is 8.09. The molecule has 2 rings (SSSR count). The Balaban J connectivity index is 1.60. The van der Waals surface area contributed by atoms with Crippen molar-refractivity contribution >= 4 is 0 Å². The van der Waals surface area contributed by atoms with E-state index >= 15 is 0 Å². The molecule has 0 aromatic heterocycles. The van der Waals surface area contributed by atoms with Gasteiger partial charge in [-0.05, 0) is 30.7 Å². The van der Waals surface area contributed by atoms with Crippen LogP contribution in [0.1, 0.15) is 57.1 Å². The van der Waals surface area contributed by atoms with Gasteiger partial charge in [-0.15, -0.1) is 0 Å². The van der Waals surface area contributed by atoms with E-state index in [1.54, 1.807) is 0 Å². The van der Waals surface area contributed by atoms with E-state index in [0.717, 1.165) is 23.6 Å². The number of ether oxygens (including phenoxy) is 2. The topological polar surface area (TPSA) is 50.7 Å². The third kappa shape index (κ3) is 5.21. The minimum atomic E-state index is -0.500. The SMILES string of the molecule is CCCCCCCCNCC(O)c1ccc2c(c1)OCO2. The van der Waals surface area contributed by atoms with Gasteiger partial charge in [-0.2, -0.15) is 0 Å². The molecule has 0 radical (unpaired) electrons. The number of unbranched alkanes of at least 4 members (excludes halogenated alkanes) is 5. The van der Waals surface area contributed by atoms with Gasteiger partial charge in [0.2, 0.25) is 6.79 Å². The fourth-order valence-corrected chi connectivity index (χ4v) is 2.51. The van der Waals surface area contributed by atoms with Crippen molar-refractivity contribution in [3.63, 3.8) is 0 Å². The summed E-state index contributed by atoms with van der Waals surface area (Å²) in [7, 11) is 0. The highest BCUT2D eigenvalue weighted by Gasteiger charge is 2.16. The molecule has 1 aliphatic rings. The van der Waals surface area contributed by atoms with Crippen LogP contribution in [0.5, 0.6) is 11.5 Å². The van der Waals surface area contributed by atoms with Crippen LogP contribution < -0.4 is 14.8 Å². The summed E-state index contributed by atoms with van der Waals surface area (Å²) >= 11 is 0. The molecule has 1 unspecified atom stereocenters. The predicted molar refractivity (Wildman–Crippen MR) is 83.8 cm³/mol. The van der Waals surface area contributed by atoms with Crippen molar-refractivity contribution < 1.29 is 14.6 Å². The van der Waals surface area contributed by atoms with Crippen molar-refractivity contribution in [2.45, 2.75) is 51.6 Å². The van der Waals surface area contributed by atoms with Gasteiger partial charge < -0.3 is 19.9 Å². The summed E-state index contributed by atoms with van der Waals surface area (Å²) in [6, 6.07) is 5.61. The van der Waals surface area contributed by atoms with Gasteiger partial charge in [0.25, 0.3) is 0 Å². The Hall–Kier alpha value is -1.26. The van der Waals surface area contributed by atoms with E-state index in [1.165, 1.54) is 38.5 Å². The number of rotatable bonds is 10. The Bertz CT molecular complexity index is 422. The van der Waals surface area contributed by atoms with Crippen molar-refractivity contribution in [1.29, 1.82) is 0 Å². The minimum absolute atomic E-state index is 0.269. The average Bonchev–Trinajstić information content (AvgIpc) is 2.97. The molecule has 4 nitrogen and oxygen atoms in total. The van der Waals surface area contributed by atoms with Gasteiger partial charge in [-0.3, -0.25) is 0 Å². The first-order valence-electron chi connectivity index (χ1n) is 8.09. The molecule has 1 aliphatic heterocycles. The van der Waals surface area contributed by atoms with Crippen LogP contribution in [0.2, 0.25) is 0 Å². The molecule has 0 spiro atoms. The van der Waals surface area contributed by atoms with Crippen molar-refractivity contribution in [1.82, 2.24) is 5.32 Å². The van der Waals surface area contributed by atoms with Crippen molar-refractivity contribution in [3.8, 4) is 11.5 Å². The van der Waals surface area contributed by atoms with Crippen LogP contribution in [0.25, 0.3) is 0 Å². The quantitative estimate of drug-likeness (QED) is 0.649. The summed E-state index contributed by atoms with van der Waals surface area (Å²) in [6.07, 6.45) is 7.25. The van der Waals surface area contributed by atoms with E-state index in [0.29, 0.717) is 6.54 Å². The van der Waals surface area contributed by atoms with E-state index in [9.17, 15) is 5.11 Å². The van der Waals surface area contributed by atoms with Gasteiger partial charge in [0.15, 0.2) is 11.5 Å². The Morgan fingerprint density at radius 2 is 1.86 bits per heavy atom. The molecule has 0 saturated carbocycles. The Kier molecular flexibility index (Phi) is 6.83. The Morgan fingerprint density at radius 3 is 2.71 bits per heavy atom. The van der Waals surface area contributed by atoms with Crippen molar-refractivity contribution in [2.75, 3.05) is 19.9 Å². The second kappa shape index (κ2) is 8.90. The smallest absolute Gasteiger partial charge is 0.231 e. The van der Waals surface area contributed by atoms with Gasteiger partial charge in [-0.25, -0.2) is 0 Å². The molecule has 118 valence electrons. The van der Waals surface area contributed by atoms with Gasteiger partial charge in [0.1, 0.15) is 0 Å². The van der Waals surface area contributed by atoms with E-state index in [-0.39, 0.29) is 6.79 Å². The van der Waals surface area contributed by atoms with E-state index in [4.69, 9.17) is 9.47 Å². The summed E-state index contributed by atoms with van der Waals surface area (Å²) < 4.78 is 10.6. The number of aliphatic hydroxyl groups is 1. The number of hydrogen-bond donors (Lipinski definition) is 2. The lowest BCUT2D eigenvalue weighted by Crippen LogP contribution is -2.22. The lowest BCUT2D eigenvalue weighted by molar-refractivity contribution is 0.170. The molecule has 0 amide bonds. The van der Waals surface area contributed by atoms with Crippen LogP contribution in [0.15, 0.2) is 18.2 Å². The molecule has 1 aromatic rings. The van der Waals surface area contributed by atoms with E-state index in [1.807, 2.05) is 18.2 Å². The highest BCUT2D eigenvalue weighted by atomic mass is 16.7. The maximum absolute atomic E-state index is 10.2. The molecule has 0 aliphatic carbocycles. The first-order chi connectivity index (χ1) is 10.3. The molecular weight excluding hydrogens is 266 g/mol. The largest absolute Gasteiger partial charge is 0.454 e. The maximum atomic E-state index is 10.2. The zero-order chi connectivity index (χ0) is 14.9. The standard InChI is InChI=1S/C17H27NO3/c1-2-3-4-5-6-7-10-18-12-15(19)14-8-9-16-17(11-14)21-13-20-16/h8-9,11,15,18-19H,2-7,10,12-13H2,1H3. The third-order valence-electron chi connectivity index (χ3n) is 3.83. The normalized spacial score (nSPS) is 14.4. The summed E-state index contributed by atoms with van der Waals surface area (Å²) in [6.45, 7) is 4.05. The third-order valence-corrected chi connectivity index (χ3v) is 3.83. The molecule has 0 fully saturated rings. The molecule has 21 heavy (non-hydrogen) atoms. The summed E-state index contributed by atoms with van der Waals surface area (Å²) in [5.74, 6) is 1.48. The van der Waals surface area contributed by atoms with E-state index < -0.39 is 6.10 Å². The number of hydrogen-bond acceptors (Lipinski definition) is 4. The fourth-order valence-electron chi connectivity index (χ4n) is 2.51. The monoisotopic (exact) mass is 293 g/mol. The Labute approximate surface area is 127 Å². The predicted octanol–water partition coefficient (Wildman–Crippen LogP) is 3.40. The minimum Gasteiger partial charge on any atom is -0.454 e. The molecular formula is C17H27NO3. The number of nitrogens with one attached hydrogen (secondary N) is 1. The second-order valence-corrected chi connectivity index (χ2v) is 5.60. The summed E-state index contributed by atoms with van der Waals surface area (Å²) in [5.41, 5.74) is 0.870. The van der Waals surface area contributed by atoms with Crippen LogP contribution >= 0.6 is 0 Å². The van der Waals surface area contributed by atoms with E-state index in [2.05, 4.69) is 12.2 Å². The molecule has 2 N–H and O–H groups in total.